The standard InChI is InChI=1S/C17H17ClN6O2S/c1-10-8-14(23-22-10)20-15-12-9-11(18)2-3-13(12)19-16(21-15)17(25)24-4-6-27(26)7-5-24/h2-3,8-9H,4-7H2,1H3,(H2,19,20,21,22,23). The molecular formula is C17H17ClN6O2S. The van der Waals surface area contributed by atoms with Gasteiger partial charge in [-0.25, -0.2) is 9.97 Å². The van der Waals surface area contributed by atoms with Gasteiger partial charge in [-0.05, 0) is 25.1 Å². The Morgan fingerprint density at radius 1 is 1.30 bits per heavy atom. The van der Waals surface area contributed by atoms with Gasteiger partial charge in [-0.15, -0.1) is 0 Å². The maximum Gasteiger partial charge on any atom is 0.292 e. The van der Waals surface area contributed by atoms with Gasteiger partial charge in [0.15, 0.2) is 5.82 Å². The normalized spacial score (nSPS) is 15.3. The van der Waals surface area contributed by atoms with Gasteiger partial charge >= 0.3 is 0 Å². The minimum atomic E-state index is -0.861. The summed E-state index contributed by atoms with van der Waals surface area (Å²) in [7, 11) is 0. The van der Waals surface area contributed by atoms with Crippen LogP contribution in [0.2, 0.25) is 5.02 Å². The molecule has 0 aliphatic carbocycles. The fourth-order valence-electron chi connectivity index (χ4n) is 2.88. The number of hydrogen-bond acceptors (Lipinski definition) is 6. The molecule has 0 bridgehead atoms. The summed E-state index contributed by atoms with van der Waals surface area (Å²) in [6.07, 6.45) is 0. The highest BCUT2D eigenvalue weighted by atomic mass is 35.5. The third-order valence-corrected chi connectivity index (χ3v) is 5.78. The molecule has 0 spiro atoms. The summed E-state index contributed by atoms with van der Waals surface area (Å²) < 4.78 is 11.5. The van der Waals surface area contributed by atoms with Crippen molar-refractivity contribution in [1.29, 1.82) is 0 Å². The Kier molecular flexibility index (Phi) is 4.90. The van der Waals surface area contributed by atoms with Gasteiger partial charge in [0.1, 0.15) is 17.3 Å². The number of rotatable bonds is 3. The van der Waals surface area contributed by atoms with Gasteiger partial charge in [-0.2, -0.15) is 5.10 Å². The number of nitrogens with one attached hydrogen (secondary N) is 2. The van der Waals surface area contributed by atoms with Gasteiger partial charge < -0.3 is 14.8 Å². The summed E-state index contributed by atoms with van der Waals surface area (Å²) >= 11 is 5.27. The highest BCUT2D eigenvalue weighted by Gasteiger charge is 2.27. The number of nitrogens with zero attached hydrogens (tertiary/aromatic N) is 4. The Balaban J connectivity index is 1.73. The number of aromatic nitrogens is 4. The minimum Gasteiger partial charge on any atom is -0.616 e. The summed E-state index contributed by atoms with van der Waals surface area (Å²) in [6.45, 7) is 2.77. The Morgan fingerprint density at radius 3 is 2.78 bits per heavy atom. The molecule has 10 heteroatoms. The zero-order valence-electron chi connectivity index (χ0n) is 14.5. The van der Waals surface area contributed by atoms with Crippen LogP contribution in [0.5, 0.6) is 0 Å². The monoisotopic (exact) mass is 404 g/mol. The van der Waals surface area contributed by atoms with E-state index in [-0.39, 0.29) is 11.7 Å². The fraction of sp³-hybridized carbons (Fsp3) is 0.294. The van der Waals surface area contributed by atoms with Crippen LogP contribution in [0.4, 0.5) is 11.6 Å². The van der Waals surface area contributed by atoms with Crippen molar-refractivity contribution in [3.63, 3.8) is 0 Å². The molecule has 3 aromatic rings. The average Bonchev–Trinajstić information content (AvgIpc) is 3.07. The van der Waals surface area contributed by atoms with Crippen LogP contribution < -0.4 is 5.32 Å². The van der Waals surface area contributed by atoms with Gasteiger partial charge in [0, 0.05) is 22.2 Å². The Morgan fingerprint density at radius 2 is 2.07 bits per heavy atom. The lowest BCUT2D eigenvalue weighted by Crippen LogP contribution is -2.44. The third-order valence-electron chi connectivity index (χ3n) is 4.27. The lowest BCUT2D eigenvalue weighted by atomic mass is 10.2. The van der Waals surface area contributed by atoms with Gasteiger partial charge in [0.25, 0.3) is 5.91 Å². The van der Waals surface area contributed by atoms with Crippen molar-refractivity contribution in [2.45, 2.75) is 6.92 Å². The Bertz CT molecular complexity index is 1000. The predicted octanol–water partition coefficient (Wildman–Crippen LogP) is 2.26. The quantitative estimate of drug-likeness (QED) is 0.648. The van der Waals surface area contributed by atoms with Crippen LogP contribution in [0, 0.1) is 6.92 Å². The largest absolute Gasteiger partial charge is 0.616 e. The van der Waals surface area contributed by atoms with E-state index in [2.05, 4.69) is 25.5 Å². The van der Waals surface area contributed by atoms with Gasteiger partial charge in [-0.1, -0.05) is 22.8 Å². The number of carbonyl (C=O) groups is 1. The summed E-state index contributed by atoms with van der Waals surface area (Å²) in [5.41, 5.74) is 1.50. The van der Waals surface area contributed by atoms with E-state index in [1.165, 1.54) is 0 Å². The molecule has 0 radical (unpaired) electrons. The number of H-pyrrole nitrogens is 1. The van der Waals surface area contributed by atoms with Gasteiger partial charge in [0.2, 0.25) is 5.82 Å². The van der Waals surface area contributed by atoms with Gasteiger partial charge in [0.05, 0.1) is 18.6 Å². The van der Waals surface area contributed by atoms with Crippen LogP contribution in [0.1, 0.15) is 16.3 Å². The van der Waals surface area contributed by atoms with Crippen LogP contribution in [-0.2, 0) is 11.2 Å². The lowest BCUT2D eigenvalue weighted by molar-refractivity contribution is 0.0758. The van der Waals surface area contributed by atoms with E-state index in [9.17, 15) is 9.35 Å². The average molecular weight is 405 g/mol. The zero-order valence-corrected chi connectivity index (χ0v) is 16.1. The van der Waals surface area contributed by atoms with Crippen molar-refractivity contribution in [2.24, 2.45) is 0 Å². The first-order chi connectivity index (χ1) is 13.0. The molecule has 1 aliphatic heterocycles. The maximum absolute atomic E-state index is 12.9. The smallest absolute Gasteiger partial charge is 0.292 e. The molecule has 0 unspecified atom stereocenters. The third kappa shape index (κ3) is 3.85. The second-order valence-corrected chi connectivity index (χ2v) is 8.39. The molecule has 0 atom stereocenters. The number of aryl methyl sites for hydroxylation is 1. The molecule has 4 rings (SSSR count). The van der Waals surface area contributed by atoms with Crippen LogP contribution in [0.25, 0.3) is 10.9 Å². The highest BCUT2D eigenvalue weighted by molar-refractivity contribution is 7.91. The van der Waals surface area contributed by atoms with E-state index >= 15 is 0 Å². The zero-order chi connectivity index (χ0) is 19.0. The summed E-state index contributed by atoms with van der Waals surface area (Å²) in [5, 5.41) is 11.4. The number of benzene rings is 1. The van der Waals surface area contributed by atoms with Crippen molar-refractivity contribution in [1.82, 2.24) is 25.1 Å². The van der Waals surface area contributed by atoms with E-state index < -0.39 is 11.2 Å². The molecule has 0 saturated carbocycles. The second-order valence-electron chi connectivity index (χ2n) is 6.26. The number of aromatic amines is 1. The number of amides is 1. The van der Waals surface area contributed by atoms with Crippen molar-refractivity contribution < 1.29 is 9.35 Å². The molecule has 2 N–H and O–H groups in total. The maximum atomic E-state index is 12.9. The first kappa shape index (κ1) is 18.0. The topological polar surface area (TPSA) is 110 Å². The lowest BCUT2D eigenvalue weighted by Gasteiger charge is -2.27. The van der Waals surface area contributed by atoms with E-state index in [1.807, 2.05) is 13.0 Å². The predicted molar refractivity (Wildman–Crippen MR) is 105 cm³/mol. The molecule has 27 heavy (non-hydrogen) atoms. The Labute approximate surface area is 163 Å². The molecule has 1 saturated heterocycles. The number of fused-ring (bicyclic) bond motifs is 1. The van der Waals surface area contributed by atoms with Crippen molar-refractivity contribution in [3.05, 3.63) is 40.8 Å². The van der Waals surface area contributed by atoms with E-state index in [0.29, 0.717) is 52.2 Å². The van der Waals surface area contributed by atoms with Crippen LogP contribution in [0.15, 0.2) is 24.3 Å². The van der Waals surface area contributed by atoms with E-state index in [0.717, 1.165) is 5.69 Å². The van der Waals surface area contributed by atoms with Crippen LogP contribution in [-0.4, -0.2) is 60.1 Å². The molecule has 3 heterocycles. The molecule has 1 aromatic carbocycles. The molecule has 8 nitrogen and oxygen atoms in total. The van der Waals surface area contributed by atoms with Crippen molar-refractivity contribution >= 4 is 51.2 Å². The number of anilines is 2. The van der Waals surface area contributed by atoms with Crippen molar-refractivity contribution in [3.8, 4) is 0 Å². The first-order valence-electron chi connectivity index (χ1n) is 8.40. The summed E-state index contributed by atoms with van der Waals surface area (Å²) in [5.74, 6) is 1.81. The first-order valence-corrected chi connectivity index (χ1v) is 10.3. The Hall–Kier alpha value is -2.36. The van der Waals surface area contributed by atoms with E-state index in [1.54, 1.807) is 23.1 Å². The molecular weight excluding hydrogens is 388 g/mol. The van der Waals surface area contributed by atoms with Crippen molar-refractivity contribution in [2.75, 3.05) is 29.9 Å². The second kappa shape index (κ2) is 7.34. The molecule has 1 aliphatic rings. The van der Waals surface area contributed by atoms with Gasteiger partial charge in [-0.3, -0.25) is 9.89 Å². The van der Waals surface area contributed by atoms with Crippen LogP contribution in [0.3, 0.4) is 0 Å². The molecule has 140 valence electrons. The fourth-order valence-corrected chi connectivity index (χ4v) is 4.10. The number of halogens is 1. The van der Waals surface area contributed by atoms with E-state index in [4.69, 9.17) is 11.6 Å². The number of carbonyl (C=O) groups excluding carboxylic acids is 1. The molecule has 1 fully saturated rings. The molecule has 2 aromatic heterocycles. The van der Waals surface area contributed by atoms with Crippen LogP contribution >= 0.6 is 11.6 Å². The minimum absolute atomic E-state index is 0.0901. The summed E-state index contributed by atoms with van der Waals surface area (Å²) in [6, 6.07) is 7.05. The highest BCUT2D eigenvalue weighted by Crippen LogP contribution is 2.26. The summed E-state index contributed by atoms with van der Waals surface area (Å²) in [4.78, 5) is 23.3. The molecule has 1 amide bonds. The SMILES string of the molecule is Cc1cc(Nc2nc(C(=O)N3CC[S+]([O-])CC3)nc3ccc(Cl)cc23)n[nH]1. The number of hydrogen-bond donors (Lipinski definition) is 2.